The number of benzene rings is 2. The van der Waals surface area contributed by atoms with Crippen LogP contribution in [0.3, 0.4) is 0 Å². The number of nitro benzene ring substituents is 1. The van der Waals surface area contributed by atoms with E-state index in [0.29, 0.717) is 11.1 Å². The van der Waals surface area contributed by atoms with Crippen molar-refractivity contribution in [1.82, 2.24) is 4.90 Å². The molecule has 0 saturated carbocycles. The second-order valence-electron chi connectivity index (χ2n) is 5.48. The molecule has 0 spiro atoms. The normalized spacial score (nSPS) is 11.1. The van der Waals surface area contributed by atoms with Crippen molar-refractivity contribution in [3.05, 3.63) is 81.4 Å². The molecule has 23 heavy (non-hydrogen) atoms. The zero-order valence-corrected chi connectivity index (χ0v) is 13.1. The molecule has 2 rings (SSSR count). The molecule has 0 radical (unpaired) electrons. The number of carbonyl (C=O) groups excluding carboxylic acids is 1. The van der Waals surface area contributed by atoms with Crippen molar-refractivity contribution in [3.63, 3.8) is 0 Å². The molecule has 5 heteroatoms. The van der Waals surface area contributed by atoms with Crippen LogP contribution in [0.4, 0.5) is 5.69 Å². The van der Waals surface area contributed by atoms with Crippen molar-refractivity contribution in [2.45, 2.75) is 6.54 Å². The number of nitro groups is 1. The summed E-state index contributed by atoms with van der Waals surface area (Å²) in [5, 5.41) is 10.7. The predicted octanol–water partition coefficient (Wildman–Crippen LogP) is 3.55. The van der Waals surface area contributed by atoms with Crippen molar-refractivity contribution in [2.75, 3.05) is 14.1 Å². The molecule has 0 heterocycles. The van der Waals surface area contributed by atoms with Gasteiger partial charge in [-0.15, -0.1) is 0 Å². The quantitative estimate of drug-likeness (QED) is 0.354. The summed E-state index contributed by atoms with van der Waals surface area (Å²) in [7, 11) is 3.97. The highest BCUT2D eigenvalue weighted by Crippen LogP contribution is 2.15. The SMILES string of the molecule is CN(C)Cc1ccc(C(=O)/C=C/c2cccc([N+](=O)[O-])c2)cc1. The van der Waals surface area contributed by atoms with Crippen LogP contribution in [0.25, 0.3) is 6.08 Å². The maximum atomic E-state index is 12.1. The summed E-state index contributed by atoms with van der Waals surface area (Å²) in [6.45, 7) is 0.817. The van der Waals surface area contributed by atoms with Gasteiger partial charge in [0.25, 0.3) is 5.69 Å². The molecule has 5 nitrogen and oxygen atoms in total. The fourth-order valence-corrected chi connectivity index (χ4v) is 2.15. The number of carbonyl (C=O) groups is 1. The predicted molar refractivity (Wildman–Crippen MR) is 90.3 cm³/mol. The average Bonchev–Trinajstić information content (AvgIpc) is 2.53. The van der Waals surface area contributed by atoms with Crippen LogP contribution in [0, 0.1) is 10.1 Å². The Bertz CT molecular complexity index is 734. The Labute approximate surface area is 135 Å². The lowest BCUT2D eigenvalue weighted by molar-refractivity contribution is -0.384. The molecule has 0 saturated heterocycles. The smallest absolute Gasteiger partial charge is 0.270 e. The molecular formula is C18H18N2O3. The van der Waals surface area contributed by atoms with Crippen LogP contribution in [-0.2, 0) is 6.54 Å². The van der Waals surface area contributed by atoms with E-state index < -0.39 is 4.92 Å². The minimum atomic E-state index is -0.456. The maximum Gasteiger partial charge on any atom is 0.270 e. The van der Waals surface area contributed by atoms with E-state index in [2.05, 4.69) is 4.90 Å². The molecule has 0 aromatic heterocycles. The first kappa shape index (κ1) is 16.6. The average molecular weight is 310 g/mol. The van der Waals surface area contributed by atoms with Gasteiger partial charge in [-0.05, 0) is 31.3 Å². The second kappa shape index (κ2) is 7.47. The monoisotopic (exact) mass is 310 g/mol. The molecule has 0 aliphatic rings. The molecule has 0 N–H and O–H groups in total. The summed E-state index contributed by atoms with van der Waals surface area (Å²) >= 11 is 0. The lowest BCUT2D eigenvalue weighted by Crippen LogP contribution is -2.10. The van der Waals surface area contributed by atoms with Gasteiger partial charge in [0.15, 0.2) is 5.78 Å². The van der Waals surface area contributed by atoms with Gasteiger partial charge in [-0.1, -0.05) is 42.5 Å². The van der Waals surface area contributed by atoms with E-state index in [1.807, 2.05) is 26.2 Å². The third-order valence-corrected chi connectivity index (χ3v) is 3.25. The van der Waals surface area contributed by atoms with Gasteiger partial charge in [0.05, 0.1) is 4.92 Å². The molecule has 118 valence electrons. The van der Waals surface area contributed by atoms with Gasteiger partial charge in [-0.3, -0.25) is 14.9 Å². The van der Waals surface area contributed by atoms with Gasteiger partial charge >= 0.3 is 0 Å². The zero-order chi connectivity index (χ0) is 16.8. The zero-order valence-electron chi connectivity index (χ0n) is 13.1. The van der Waals surface area contributed by atoms with Gasteiger partial charge < -0.3 is 4.90 Å². The fourth-order valence-electron chi connectivity index (χ4n) is 2.15. The molecule has 0 atom stereocenters. The van der Waals surface area contributed by atoms with Gasteiger partial charge in [0.2, 0.25) is 0 Å². The first-order chi connectivity index (χ1) is 11.0. The van der Waals surface area contributed by atoms with E-state index in [4.69, 9.17) is 0 Å². The Hall–Kier alpha value is -2.79. The molecule has 0 aliphatic carbocycles. The van der Waals surface area contributed by atoms with E-state index in [-0.39, 0.29) is 11.5 Å². The Morgan fingerprint density at radius 3 is 2.48 bits per heavy atom. The molecule has 2 aromatic carbocycles. The molecule has 0 unspecified atom stereocenters. The number of hydrogen-bond acceptors (Lipinski definition) is 4. The standard InChI is InChI=1S/C18H18N2O3/c1-19(2)13-15-6-9-16(10-7-15)18(21)11-8-14-4-3-5-17(12-14)20(22)23/h3-12H,13H2,1-2H3/b11-8+. The molecule has 0 amide bonds. The summed E-state index contributed by atoms with van der Waals surface area (Å²) in [6.07, 6.45) is 3.02. The number of allylic oxidation sites excluding steroid dienone is 1. The third kappa shape index (κ3) is 4.86. The van der Waals surface area contributed by atoms with Gasteiger partial charge in [-0.2, -0.15) is 0 Å². The van der Waals surface area contributed by atoms with Crippen molar-refractivity contribution < 1.29 is 9.72 Å². The van der Waals surface area contributed by atoms with Crippen molar-refractivity contribution in [2.24, 2.45) is 0 Å². The highest BCUT2D eigenvalue weighted by molar-refractivity contribution is 6.06. The van der Waals surface area contributed by atoms with Gasteiger partial charge in [0.1, 0.15) is 0 Å². The van der Waals surface area contributed by atoms with E-state index >= 15 is 0 Å². The minimum absolute atomic E-state index is 0.00707. The Balaban J connectivity index is 2.09. The molecular weight excluding hydrogens is 292 g/mol. The number of ketones is 1. The lowest BCUT2D eigenvalue weighted by atomic mass is 10.1. The van der Waals surface area contributed by atoms with Crippen LogP contribution < -0.4 is 0 Å². The summed E-state index contributed by atoms with van der Waals surface area (Å²) in [4.78, 5) is 24.5. The Morgan fingerprint density at radius 1 is 1.17 bits per heavy atom. The topological polar surface area (TPSA) is 63.5 Å². The molecule has 0 bridgehead atoms. The highest BCUT2D eigenvalue weighted by atomic mass is 16.6. The maximum absolute atomic E-state index is 12.1. The van der Waals surface area contributed by atoms with Crippen LogP contribution >= 0.6 is 0 Å². The second-order valence-corrected chi connectivity index (χ2v) is 5.48. The summed E-state index contributed by atoms with van der Waals surface area (Å²) in [5.74, 6) is -0.132. The molecule has 0 fully saturated rings. The molecule has 2 aromatic rings. The summed E-state index contributed by atoms with van der Waals surface area (Å²) in [6, 6.07) is 13.6. The number of rotatable bonds is 6. The number of hydrogen-bond donors (Lipinski definition) is 0. The number of nitrogens with zero attached hydrogens (tertiary/aromatic N) is 2. The van der Waals surface area contributed by atoms with Crippen LogP contribution in [0.5, 0.6) is 0 Å². The third-order valence-electron chi connectivity index (χ3n) is 3.25. The first-order valence-corrected chi connectivity index (χ1v) is 7.16. The van der Waals surface area contributed by atoms with Crippen LogP contribution in [0.1, 0.15) is 21.5 Å². The van der Waals surface area contributed by atoms with E-state index in [1.54, 1.807) is 30.3 Å². The minimum Gasteiger partial charge on any atom is -0.305 e. The Morgan fingerprint density at radius 2 is 1.87 bits per heavy atom. The Kier molecular flexibility index (Phi) is 5.38. The molecule has 0 aliphatic heterocycles. The van der Waals surface area contributed by atoms with Crippen LogP contribution in [0.15, 0.2) is 54.6 Å². The number of non-ortho nitro benzene ring substituents is 1. The largest absolute Gasteiger partial charge is 0.305 e. The van der Waals surface area contributed by atoms with Gasteiger partial charge in [0, 0.05) is 24.2 Å². The van der Waals surface area contributed by atoms with E-state index in [0.717, 1.165) is 12.1 Å². The van der Waals surface area contributed by atoms with Crippen molar-refractivity contribution in [3.8, 4) is 0 Å². The van der Waals surface area contributed by atoms with Crippen LogP contribution in [-0.4, -0.2) is 29.7 Å². The van der Waals surface area contributed by atoms with E-state index in [1.165, 1.54) is 18.2 Å². The van der Waals surface area contributed by atoms with Gasteiger partial charge in [-0.25, -0.2) is 0 Å². The summed E-state index contributed by atoms with van der Waals surface area (Å²) in [5.41, 5.74) is 2.35. The van der Waals surface area contributed by atoms with Crippen molar-refractivity contribution >= 4 is 17.5 Å². The van der Waals surface area contributed by atoms with E-state index in [9.17, 15) is 14.9 Å². The van der Waals surface area contributed by atoms with Crippen LogP contribution in [0.2, 0.25) is 0 Å². The summed E-state index contributed by atoms with van der Waals surface area (Å²) < 4.78 is 0. The van der Waals surface area contributed by atoms with Crippen molar-refractivity contribution in [1.29, 1.82) is 0 Å². The highest BCUT2D eigenvalue weighted by Gasteiger charge is 2.05. The first-order valence-electron chi connectivity index (χ1n) is 7.16. The lowest BCUT2D eigenvalue weighted by Gasteiger charge is -2.09. The fraction of sp³-hybridized carbons (Fsp3) is 0.167.